The monoisotopic (exact) mass is 491 g/mol. The highest BCUT2D eigenvalue weighted by Crippen LogP contribution is 2.45. The molecule has 0 bridgehead atoms. The first-order chi connectivity index (χ1) is 19.0. The molecule has 0 aliphatic rings. The van der Waals surface area contributed by atoms with E-state index in [0.29, 0.717) is 5.82 Å². The maximum atomic E-state index is 6.32. The van der Waals surface area contributed by atoms with E-state index >= 15 is 0 Å². The van der Waals surface area contributed by atoms with Crippen LogP contribution in [0.25, 0.3) is 60.6 Å². The van der Waals surface area contributed by atoms with Crippen molar-refractivity contribution in [3.8, 4) is 28.1 Å². The summed E-state index contributed by atoms with van der Waals surface area (Å²) in [7, 11) is 19.0. The summed E-state index contributed by atoms with van der Waals surface area (Å²) in [4.78, 5) is 9.46. The molecule has 0 saturated heterocycles. The number of benzene rings is 5. The molecule has 5 aromatic carbocycles. The first kappa shape index (κ1) is 23.5. The fourth-order valence-corrected chi connectivity index (χ4v) is 5.63. The van der Waals surface area contributed by atoms with Crippen LogP contribution >= 0.6 is 0 Å². The van der Waals surface area contributed by atoms with Crippen molar-refractivity contribution < 1.29 is 0 Å². The molecule has 7 rings (SSSR count). The maximum absolute atomic E-state index is 6.32. The van der Waals surface area contributed by atoms with E-state index in [1.54, 1.807) is 0 Å². The molecule has 0 amide bonds. The summed E-state index contributed by atoms with van der Waals surface area (Å²) in [5, 5.41) is 2.61. The minimum Gasteiger partial charge on any atom is -0.296 e. The molecule has 3 nitrogen and oxygen atoms in total. The van der Waals surface area contributed by atoms with Crippen molar-refractivity contribution in [1.29, 1.82) is 0 Å². The van der Waals surface area contributed by atoms with Crippen molar-refractivity contribution in [1.82, 2.24) is 14.5 Å². The Kier molecular flexibility index (Phi) is 5.45. The Morgan fingerprint density at radius 3 is 1.77 bits per heavy atom. The summed E-state index contributed by atoms with van der Waals surface area (Å²) in [6.45, 7) is 0. The van der Waals surface area contributed by atoms with E-state index < -0.39 is 5.11 Å². The van der Waals surface area contributed by atoms with Gasteiger partial charge in [0.05, 0.1) is 51.8 Å². The van der Waals surface area contributed by atoms with Crippen molar-refractivity contribution in [2.45, 2.75) is 5.11 Å². The van der Waals surface area contributed by atoms with Gasteiger partial charge in [-0.15, -0.1) is 0 Å². The molecule has 176 valence electrons. The van der Waals surface area contributed by atoms with E-state index in [2.05, 4.69) is 77.8 Å². The average Bonchev–Trinajstić information content (AvgIpc) is 3.36. The van der Waals surface area contributed by atoms with Gasteiger partial charge in [0, 0.05) is 22.5 Å². The Morgan fingerprint density at radius 2 is 1.13 bits per heavy atom. The van der Waals surface area contributed by atoms with Crippen molar-refractivity contribution in [3.63, 3.8) is 0 Å². The number of nitrogens with zero attached hydrogens (tertiary/aromatic N) is 3. The van der Waals surface area contributed by atoms with Crippen LogP contribution in [-0.2, 0) is 5.11 Å². The Labute approximate surface area is 230 Å². The predicted molar refractivity (Wildman–Crippen MR) is 164 cm³/mol. The smallest absolute Gasteiger partial charge is 0.0951 e. The Morgan fingerprint density at radius 1 is 0.564 bits per heavy atom. The lowest BCUT2D eigenvalue weighted by molar-refractivity contribution is 0.939. The standard InChI is InChI=1S/C33H20B3N3/c34-33(35,36)32-38-28-18-7-8-19-29(28)39(32)31-25-15-5-3-13-23(25)30(24-14-4-6-16-26(24)31)22-12-2-1-11-21(22)27-17-9-10-20-37-27/h1-20H. The molecular formula is C33H20B3N3. The lowest BCUT2D eigenvalue weighted by atomic mass is 9.42. The molecule has 0 fully saturated rings. The Balaban J connectivity index is 1.67. The first-order valence-electron chi connectivity index (χ1n) is 12.8. The fraction of sp³-hybridized carbons (Fsp3) is 0.0303. The number of para-hydroxylation sites is 2. The largest absolute Gasteiger partial charge is 0.296 e. The topological polar surface area (TPSA) is 30.7 Å². The lowest BCUT2D eigenvalue weighted by Crippen LogP contribution is -2.31. The van der Waals surface area contributed by atoms with Crippen LogP contribution in [0.5, 0.6) is 0 Å². The van der Waals surface area contributed by atoms with Gasteiger partial charge in [0.1, 0.15) is 0 Å². The van der Waals surface area contributed by atoms with Crippen molar-refractivity contribution in [2.24, 2.45) is 0 Å². The van der Waals surface area contributed by atoms with Crippen LogP contribution in [0, 0.1) is 0 Å². The van der Waals surface area contributed by atoms with Crippen molar-refractivity contribution in [3.05, 3.63) is 127 Å². The highest BCUT2D eigenvalue weighted by atomic mass is 15.1. The van der Waals surface area contributed by atoms with Crippen LogP contribution in [0.15, 0.2) is 121 Å². The second-order valence-electron chi connectivity index (χ2n) is 9.77. The molecule has 0 N–H and O–H groups in total. The summed E-state index contributed by atoms with van der Waals surface area (Å²) in [5.41, 5.74) is 6.83. The van der Waals surface area contributed by atoms with Gasteiger partial charge in [0.25, 0.3) is 0 Å². The molecular weight excluding hydrogens is 471 g/mol. The highest BCUT2D eigenvalue weighted by Gasteiger charge is 2.26. The highest BCUT2D eigenvalue weighted by molar-refractivity contribution is 6.58. The minimum absolute atomic E-state index is 0.389. The van der Waals surface area contributed by atoms with Gasteiger partial charge in [-0.05, 0) is 46.2 Å². The van der Waals surface area contributed by atoms with Crippen LogP contribution < -0.4 is 0 Å². The first-order valence-corrected chi connectivity index (χ1v) is 12.8. The van der Waals surface area contributed by atoms with Crippen LogP contribution in [0.4, 0.5) is 0 Å². The Bertz CT molecular complexity index is 1950. The summed E-state index contributed by atoms with van der Waals surface area (Å²) < 4.78 is 2.02. The molecule has 0 spiro atoms. The molecule has 6 radical (unpaired) electrons. The van der Waals surface area contributed by atoms with Crippen molar-refractivity contribution >= 4 is 56.1 Å². The van der Waals surface area contributed by atoms with Gasteiger partial charge in [-0.3, -0.25) is 9.55 Å². The van der Waals surface area contributed by atoms with Crippen LogP contribution in [0.3, 0.4) is 0 Å². The number of hydrogen-bond acceptors (Lipinski definition) is 2. The molecule has 39 heavy (non-hydrogen) atoms. The zero-order valence-electron chi connectivity index (χ0n) is 21.1. The van der Waals surface area contributed by atoms with Crippen LogP contribution in [0.2, 0.25) is 0 Å². The molecule has 6 heteroatoms. The van der Waals surface area contributed by atoms with E-state index in [-0.39, 0.29) is 0 Å². The molecule has 0 saturated carbocycles. The molecule has 0 atom stereocenters. The summed E-state index contributed by atoms with van der Waals surface area (Å²) in [6, 6.07) is 39.1. The fourth-order valence-electron chi connectivity index (χ4n) is 5.63. The second-order valence-corrected chi connectivity index (χ2v) is 9.77. The maximum Gasteiger partial charge on any atom is 0.0951 e. The average molecular weight is 491 g/mol. The second kappa shape index (κ2) is 9.02. The van der Waals surface area contributed by atoms with Gasteiger partial charge < -0.3 is 0 Å². The predicted octanol–water partition coefficient (Wildman–Crippen LogP) is 6.68. The normalized spacial score (nSPS) is 11.9. The van der Waals surface area contributed by atoms with Crippen molar-refractivity contribution in [2.75, 3.05) is 0 Å². The number of hydrogen-bond donors (Lipinski definition) is 0. The van der Waals surface area contributed by atoms with Crippen LogP contribution in [-0.4, -0.2) is 38.1 Å². The van der Waals surface area contributed by atoms with E-state index in [1.807, 2.05) is 53.2 Å². The third-order valence-electron chi connectivity index (χ3n) is 7.21. The summed E-state index contributed by atoms with van der Waals surface area (Å²) in [5.74, 6) is 0.389. The van der Waals surface area contributed by atoms with E-state index in [1.165, 1.54) is 0 Å². The SMILES string of the molecule is [B]C([B])([B])c1nc2ccccc2n1-c1c2ccccc2c(-c2ccccc2-c2ccccn2)c2ccccc12. The summed E-state index contributed by atoms with van der Waals surface area (Å²) >= 11 is 0. The molecule has 7 aromatic rings. The molecule has 0 unspecified atom stereocenters. The zero-order chi connectivity index (χ0) is 26.6. The van der Waals surface area contributed by atoms with Gasteiger partial charge in [-0.2, -0.15) is 0 Å². The minimum atomic E-state index is -1.65. The summed E-state index contributed by atoms with van der Waals surface area (Å²) in [6.07, 6.45) is 1.83. The number of pyridine rings is 1. The quantitative estimate of drug-likeness (QED) is 0.203. The van der Waals surface area contributed by atoms with Gasteiger partial charge >= 0.3 is 0 Å². The van der Waals surface area contributed by atoms with E-state index in [9.17, 15) is 0 Å². The number of imidazole rings is 1. The van der Waals surface area contributed by atoms with Crippen LogP contribution in [0.1, 0.15) is 5.82 Å². The van der Waals surface area contributed by atoms with Gasteiger partial charge in [0.15, 0.2) is 0 Å². The van der Waals surface area contributed by atoms with E-state index in [4.69, 9.17) is 28.5 Å². The number of fused-ring (bicyclic) bond motifs is 3. The third-order valence-corrected chi connectivity index (χ3v) is 7.21. The third kappa shape index (κ3) is 3.78. The lowest BCUT2D eigenvalue weighted by Gasteiger charge is -2.25. The van der Waals surface area contributed by atoms with E-state index in [0.717, 1.165) is 60.6 Å². The molecule has 2 heterocycles. The van der Waals surface area contributed by atoms with Gasteiger partial charge in [-0.25, -0.2) is 4.98 Å². The number of aromatic nitrogens is 3. The Hall–Kier alpha value is -4.57. The molecule has 0 aliphatic heterocycles. The number of rotatable bonds is 4. The van der Waals surface area contributed by atoms with Gasteiger partial charge in [-0.1, -0.05) is 96.1 Å². The molecule has 2 aromatic heterocycles. The molecule has 0 aliphatic carbocycles. The van der Waals surface area contributed by atoms with Gasteiger partial charge in [0.2, 0.25) is 0 Å². The zero-order valence-corrected chi connectivity index (χ0v) is 21.1.